The van der Waals surface area contributed by atoms with Gasteiger partial charge >= 0.3 is 5.97 Å². The molecule has 0 aliphatic heterocycles. The van der Waals surface area contributed by atoms with Crippen molar-refractivity contribution in [3.05, 3.63) is 35.0 Å². The van der Waals surface area contributed by atoms with Gasteiger partial charge in [0.05, 0.1) is 5.92 Å². The van der Waals surface area contributed by atoms with Crippen LogP contribution < -0.4 is 0 Å². The quantitative estimate of drug-likeness (QED) is 0.873. The highest BCUT2D eigenvalue weighted by Gasteiger charge is 2.18. The first kappa shape index (κ1) is 11.0. The van der Waals surface area contributed by atoms with Crippen LogP contribution in [0.2, 0.25) is 5.02 Å². The number of halogens is 1. The third-order valence-corrected chi connectivity index (χ3v) is 3.06. The molecule has 1 aromatic heterocycles. The van der Waals surface area contributed by atoms with E-state index in [9.17, 15) is 4.79 Å². The zero-order valence-corrected chi connectivity index (χ0v) is 9.82. The van der Waals surface area contributed by atoms with Crippen molar-refractivity contribution in [3.8, 4) is 0 Å². The predicted molar refractivity (Wildman–Crippen MR) is 64.0 cm³/mol. The van der Waals surface area contributed by atoms with E-state index < -0.39 is 11.9 Å². The summed E-state index contributed by atoms with van der Waals surface area (Å²) < 4.78 is 1.90. The number of aryl methyl sites for hydroxylation is 1. The van der Waals surface area contributed by atoms with Crippen LogP contribution in [-0.4, -0.2) is 15.6 Å². The minimum absolute atomic E-state index is 0.509. The Morgan fingerprint density at radius 2 is 2.19 bits per heavy atom. The van der Waals surface area contributed by atoms with Crippen molar-refractivity contribution < 1.29 is 9.90 Å². The normalized spacial score (nSPS) is 12.9. The standard InChI is InChI=1S/C12H12ClNO2/c1-7(12(15)16)10-6-14(2)11-5-8(13)3-4-9(10)11/h3-7H,1-2H3,(H,15,16). The number of benzene rings is 1. The first-order valence-corrected chi connectivity index (χ1v) is 5.36. The fraction of sp³-hybridized carbons (Fsp3) is 0.250. The second kappa shape index (κ2) is 3.83. The van der Waals surface area contributed by atoms with Crippen molar-refractivity contribution in [2.75, 3.05) is 0 Å². The lowest BCUT2D eigenvalue weighted by molar-refractivity contribution is -0.138. The molecule has 2 rings (SSSR count). The van der Waals surface area contributed by atoms with E-state index in [2.05, 4.69) is 0 Å². The lowest BCUT2D eigenvalue weighted by Gasteiger charge is -2.03. The van der Waals surface area contributed by atoms with Crippen LogP contribution in [0, 0.1) is 0 Å². The van der Waals surface area contributed by atoms with Crippen molar-refractivity contribution >= 4 is 28.5 Å². The number of hydrogen-bond donors (Lipinski definition) is 1. The Labute approximate surface area is 98.3 Å². The number of aromatic nitrogens is 1. The van der Waals surface area contributed by atoms with Crippen LogP contribution in [0.5, 0.6) is 0 Å². The number of nitrogens with zero attached hydrogens (tertiary/aromatic N) is 1. The van der Waals surface area contributed by atoms with E-state index in [4.69, 9.17) is 16.7 Å². The lowest BCUT2D eigenvalue weighted by atomic mass is 10.0. The van der Waals surface area contributed by atoms with Crippen LogP contribution in [0.15, 0.2) is 24.4 Å². The monoisotopic (exact) mass is 237 g/mol. The fourth-order valence-electron chi connectivity index (χ4n) is 1.87. The maximum atomic E-state index is 11.0. The summed E-state index contributed by atoms with van der Waals surface area (Å²) in [6.45, 7) is 1.69. The van der Waals surface area contributed by atoms with Crippen LogP contribution >= 0.6 is 11.6 Å². The van der Waals surface area contributed by atoms with Gasteiger partial charge in [0.1, 0.15) is 0 Å². The highest BCUT2D eigenvalue weighted by atomic mass is 35.5. The van der Waals surface area contributed by atoms with Crippen LogP contribution in [0.25, 0.3) is 10.9 Å². The Kier molecular flexibility index (Phi) is 2.64. The zero-order chi connectivity index (χ0) is 11.9. The number of carbonyl (C=O) groups is 1. The fourth-order valence-corrected chi connectivity index (χ4v) is 2.03. The molecule has 0 spiro atoms. The first-order chi connectivity index (χ1) is 7.50. The Balaban J connectivity index is 2.68. The smallest absolute Gasteiger partial charge is 0.310 e. The molecule has 1 unspecified atom stereocenters. The third kappa shape index (κ3) is 1.67. The zero-order valence-electron chi connectivity index (χ0n) is 9.07. The number of carboxylic acids is 1. The number of hydrogen-bond acceptors (Lipinski definition) is 1. The van der Waals surface area contributed by atoms with Crippen molar-refractivity contribution in [3.63, 3.8) is 0 Å². The van der Waals surface area contributed by atoms with E-state index in [0.29, 0.717) is 5.02 Å². The van der Waals surface area contributed by atoms with Gasteiger partial charge in [0, 0.05) is 29.2 Å². The SMILES string of the molecule is CC(C(=O)O)c1cn(C)c2cc(Cl)ccc12. The van der Waals surface area contributed by atoms with Gasteiger partial charge in [-0.3, -0.25) is 4.79 Å². The molecule has 0 saturated heterocycles. The van der Waals surface area contributed by atoms with E-state index in [1.54, 1.807) is 13.0 Å². The molecular formula is C12H12ClNO2. The van der Waals surface area contributed by atoms with Gasteiger partial charge in [0.25, 0.3) is 0 Å². The highest BCUT2D eigenvalue weighted by molar-refractivity contribution is 6.31. The lowest BCUT2D eigenvalue weighted by Crippen LogP contribution is -2.06. The van der Waals surface area contributed by atoms with E-state index in [-0.39, 0.29) is 0 Å². The maximum Gasteiger partial charge on any atom is 0.310 e. The number of fused-ring (bicyclic) bond motifs is 1. The van der Waals surface area contributed by atoms with Gasteiger partial charge in [-0.15, -0.1) is 0 Å². The second-order valence-corrected chi connectivity index (χ2v) is 4.35. The molecule has 0 aliphatic carbocycles. The molecule has 0 saturated carbocycles. The number of carboxylic acid groups (broad SMARTS) is 1. The van der Waals surface area contributed by atoms with E-state index in [1.165, 1.54) is 0 Å². The predicted octanol–water partition coefficient (Wildman–Crippen LogP) is 3.02. The molecule has 1 aromatic carbocycles. The maximum absolute atomic E-state index is 11.0. The van der Waals surface area contributed by atoms with Gasteiger partial charge in [0.15, 0.2) is 0 Å². The first-order valence-electron chi connectivity index (χ1n) is 4.98. The molecule has 0 fully saturated rings. The summed E-state index contributed by atoms with van der Waals surface area (Å²) in [4.78, 5) is 11.0. The Bertz CT molecular complexity index is 559. The Morgan fingerprint density at radius 1 is 1.50 bits per heavy atom. The molecule has 1 N–H and O–H groups in total. The van der Waals surface area contributed by atoms with Gasteiger partial charge < -0.3 is 9.67 Å². The van der Waals surface area contributed by atoms with E-state index >= 15 is 0 Å². The molecule has 0 bridgehead atoms. The van der Waals surface area contributed by atoms with Crippen LogP contribution in [-0.2, 0) is 11.8 Å². The van der Waals surface area contributed by atoms with Crippen molar-refractivity contribution in [1.29, 1.82) is 0 Å². The van der Waals surface area contributed by atoms with Crippen LogP contribution in [0.1, 0.15) is 18.4 Å². The molecule has 3 nitrogen and oxygen atoms in total. The van der Waals surface area contributed by atoms with Gasteiger partial charge in [0.2, 0.25) is 0 Å². The highest BCUT2D eigenvalue weighted by Crippen LogP contribution is 2.29. The molecule has 0 amide bonds. The van der Waals surface area contributed by atoms with Crippen LogP contribution in [0.3, 0.4) is 0 Å². The van der Waals surface area contributed by atoms with Gasteiger partial charge in [-0.1, -0.05) is 17.7 Å². The molecular weight excluding hydrogens is 226 g/mol. The number of rotatable bonds is 2. The molecule has 1 heterocycles. The summed E-state index contributed by atoms with van der Waals surface area (Å²) in [6.07, 6.45) is 1.85. The largest absolute Gasteiger partial charge is 0.481 e. The summed E-state index contributed by atoms with van der Waals surface area (Å²) in [5.74, 6) is -1.33. The average molecular weight is 238 g/mol. The molecule has 4 heteroatoms. The molecule has 1 atom stereocenters. The van der Waals surface area contributed by atoms with Gasteiger partial charge in [-0.2, -0.15) is 0 Å². The molecule has 0 radical (unpaired) electrons. The van der Waals surface area contributed by atoms with E-state index in [0.717, 1.165) is 16.5 Å². The van der Waals surface area contributed by atoms with Crippen LogP contribution in [0.4, 0.5) is 0 Å². The average Bonchev–Trinajstić information content (AvgIpc) is 2.55. The second-order valence-electron chi connectivity index (χ2n) is 3.92. The van der Waals surface area contributed by atoms with Crippen molar-refractivity contribution in [2.45, 2.75) is 12.8 Å². The van der Waals surface area contributed by atoms with Crippen molar-refractivity contribution in [1.82, 2.24) is 4.57 Å². The van der Waals surface area contributed by atoms with E-state index in [1.807, 2.05) is 29.9 Å². The molecule has 16 heavy (non-hydrogen) atoms. The topological polar surface area (TPSA) is 42.2 Å². The summed E-state index contributed by atoms with van der Waals surface area (Å²) in [5, 5.41) is 10.6. The summed E-state index contributed by atoms with van der Waals surface area (Å²) in [5.41, 5.74) is 1.78. The Morgan fingerprint density at radius 3 is 2.81 bits per heavy atom. The summed E-state index contributed by atoms with van der Waals surface area (Å²) >= 11 is 5.91. The van der Waals surface area contributed by atoms with Gasteiger partial charge in [-0.25, -0.2) is 0 Å². The molecule has 2 aromatic rings. The minimum atomic E-state index is -0.817. The summed E-state index contributed by atoms with van der Waals surface area (Å²) in [7, 11) is 1.89. The summed E-state index contributed by atoms with van der Waals surface area (Å²) in [6, 6.07) is 5.49. The Hall–Kier alpha value is -1.48. The third-order valence-electron chi connectivity index (χ3n) is 2.82. The number of aliphatic carboxylic acids is 1. The minimum Gasteiger partial charge on any atom is -0.481 e. The molecule has 84 valence electrons. The van der Waals surface area contributed by atoms with Gasteiger partial charge in [-0.05, 0) is 24.6 Å². The molecule has 0 aliphatic rings. The van der Waals surface area contributed by atoms with Crippen molar-refractivity contribution in [2.24, 2.45) is 7.05 Å².